The molecule has 0 bridgehead atoms. The van der Waals surface area contributed by atoms with E-state index in [2.05, 4.69) is 31.4 Å². The number of carbonyl (C=O) groups is 1. The van der Waals surface area contributed by atoms with Crippen LogP contribution in [0.15, 0.2) is 16.5 Å². The third kappa shape index (κ3) is 6.26. The van der Waals surface area contributed by atoms with Crippen molar-refractivity contribution in [3.63, 3.8) is 0 Å². The summed E-state index contributed by atoms with van der Waals surface area (Å²) >= 11 is 0. The molecule has 0 spiro atoms. The normalized spacial score (nSPS) is 13.7. The maximum absolute atomic E-state index is 12.1. The minimum atomic E-state index is -0.496. The molecule has 0 saturated carbocycles. The molecule has 1 aromatic heterocycles. The van der Waals surface area contributed by atoms with E-state index in [1.54, 1.807) is 0 Å². The molecular weight excluding hydrogens is 292 g/mol. The molecule has 1 rings (SSSR count). The SMILES string of the molecule is CCC(CC)(CNC(C)c1ccc(C)o1)NC(=O)OC(C)(C)C. The van der Waals surface area contributed by atoms with E-state index in [0.717, 1.165) is 24.4 Å². The second-order valence-corrected chi connectivity index (χ2v) is 7.17. The second kappa shape index (κ2) is 7.86. The van der Waals surface area contributed by atoms with Crippen molar-refractivity contribution in [3.8, 4) is 0 Å². The van der Waals surface area contributed by atoms with E-state index >= 15 is 0 Å². The Hall–Kier alpha value is -1.49. The Balaban J connectivity index is 2.67. The molecule has 2 N–H and O–H groups in total. The number of aryl methyl sites for hydroxylation is 1. The number of carbonyl (C=O) groups excluding carboxylic acids is 1. The molecule has 1 atom stereocenters. The smallest absolute Gasteiger partial charge is 0.408 e. The zero-order chi connectivity index (χ0) is 17.7. The molecule has 0 aliphatic rings. The molecule has 1 aromatic rings. The quantitative estimate of drug-likeness (QED) is 0.784. The first-order valence-corrected chi connectivity index (χ1v) is 8.41. The van der Waals surface area contributed by atoms with Crippen LogP contribution in [0.4, 0.5) is 4.79 Å². The van der Waals surface area contributed by atoms with Crippen LogP contribution >= 0.6 is 0 Å². The molecular formula is C18H32N2O3. The molecule has 1 unspecified atom stereocenters. The Labute approximate surface area is 140 Å². The monoisotopic (exact) mass is 324 g/mol. The van der Waals surface area contributed by atoms with E-state index in [9.17, 15) is 4.79 Å². The largest absolute Gasteiger partial charge is 0.465 e. The maximum Gasteiger partial charge on any atom is 0.408 e. The number of nitrogens with one attached hydrogen (secondary N) is 2. The molecule has 0 aliphatic carbocycles. The zero-order valence-corrected chi connectivity index (χ0v) is 15.6. The van der Waals surface area contributed by atoms with Gasteiger partial charge in [-0.05, 0) is 59.6 Å². The summed E-state index contributed by atoms with van der Waals surface area (Å²) in [7, 11) is 0. The number of ether oxygens (including phenoxy) is 1. The van der Waals surface area contributed by atoms with Crippen molar-refractivity contribution in [2.75, 3.05) is 6.54 Å². The highest BCUT2D eigenvalue weighted by molar-refractivity contribution is 5.68. The van der Waals surface area contributed by atoms with Crippen molar-refractivity contribution in [3.05, 3.63) is 23.7 Å². The summed E-state index contributed by atoms with van der Waals surface area (Å²) in [6, 6.07) is 4.02. The number of amides is 1. The van der Waals surface area contributed by atoms with Crippen LogP contribution in [0, 0.1) is 6.92 Å². The fraction of sp³-hybridized carbons (Fsp3) is 0.722. The predicted molar refractivity (Wildman–Crippen MR) is 92.5 cm³/mol. The minimum Gasteiger partial charge on any atom is -0.465 e. The highest BCUT2D eigenvalue weighted by atomic mass is 16.6. The van der Waals surface area contributed by atoms with E-state index in [1.165, 1.54) is 0 Å². The molecule has 0 aromatic carbocycles. The molecule has 0 aliphatic heterocycles. The van der Waals surface area contributed by atoms with Crippen molar-refractivity contribution < 1.29 is 13.9 Å². The van der Waals surface area contributed by atoms with Crippen LogP contribution in [0.2, 0.25) is 0 Å². The van der Waals surface area contributed by atoms with Crippen molar-refractivity contribution in [1.82, 2.24) is 10.6 Å². The number of rotatable bonds is 7. The molecule has 1 amide bonds. The molecule has 0 saturated heterocycles. The van der Waals surface area contributed by atoms with Crippen molar-refractivity contribution >= 4 is 6.09 Å². The average Bonchev–Trinajstić information content (AvgIpc) is 2.88. The van der Waals surface area contributed by atoms with Gasteiger partial charge >= 0.3 is 6.09 Å². The first kappa shape index (κ1) is 19.6. The standard InChI is InChI=1S/C18H32N2O3/c1-8-18(9-2,20-16(21)23-17(5,6)7)12-19-14(4)15-11-10-13(3)22-15/h10-11,14,19H,8-9,12H2,1-7H3,(H,20,21). The van der Waals surface area contributed by atoms with Gasteiger partial charge in [0.25, 0.3) is 0 Å². The number of hydrogen-bond acceptors (Lipinski definition) is 4. The van der Waals surface area contributed by atoms with Crippen LogP contribution in [0.5, 0.6) is 0 Å². The summed E-state index contributed by atoms with van der Waals surface area (Å²) in [5.74, 6) is 1.80. The lowest BCUT2D eigenvalue weighted by molar-refractivity contribution is 0.0444. The molecule has 5 nitrogen and oxygen atoms in total. The average molecular weight is 324 g/mol. The lowest BCUT2D eigenvalue weighted by Crippen LogP contribution is -2.55. The summed E-state index contributed by atoms with van der Waals surface area (Å²) in [6.45, 7) is 14.4. The highest BCUT2D eigenvalue weighted by Crippen LogP contribution is 2.20. The molecule has 132 valence electrons. The minimum absolute atomic E-state index is 0.0848. The fourth-order valence-electron chi connectivity index (χ4n) is 2.38. The maximum atomic E-state index is 12.1. The van der Waals surface area contributed by atoms with Gasteiger partial charge in [-0.2, -0.15) is 0 Å². The van der Waals surface area contributed by atoms with Gasteiger partial charge in [0, 0.05) is 6.54 Å². The Morgan fingerprint density at radius 2 is 1.87 bits per heavy atom. The topological polar surface area (TPSA) is 63.5 Å². The van der Waals surface area contributed by atoms with E-state index in [1.807, 2.05) is 39.8 Å². The Morgan fingerprint density at radius 3 is 2.30 bits per heavy atom. The molecule has 23 heavy (non-hydrogen) atoms. The van der Waals surface area contributed by atoms with Gasteiger partial charge in [0.2, 0.25) is 0 Å². The second-order valence-electron chi connectivity index (χ2n) is 7.17. The van der Waals surface area contributed by atoms with Crippen LogP contribution in [-0.2, 0) is 4.74 Å². The van der Waals surface area contributed by atoms with Gasteiger partial charge < -0.3 is 19.8 Å². The first-order chi connectivity index (χ1) is 10.6. The van der Waals surface area contributed by atoms with Crippen molar-refractivity contribution in [2.24, 2.45) is 0 Å². The van der Waals surface area contributed by atoms with Gasteiger partial charge in [-0.1, -0.05) is 13.8 Å². The lowest BCUT2D eigenvalue weighted by Gasteiger charge is -2.35. The first-order valence-electron chi connectivity index (χ1n) is 8.41. The van der Waals surface area contributed by atoms with E-state index in [-0.39, 0.29) is 17.7 Å². The highest BCUT2D eigenvalue weighted by Gasteiger charge is 2.31. The van der Waals surface area contributed by atoms with Gasteiger partial charge in [0.15, 0.2) is 0 Å². The summed E-state index contributed by atoms with van der Waals surface area (Å²) in [5.41, 5.74) is -0.831. The van der Waals surface area contributed by atoms with Gasteiger partial charge in [-0.3, -0.25) is 0 Å². The van der Waals surface area contributed by atoms with Crippen molar-refractivity contribution in [2.45, 2.75) is 78.5 Å². The Morgan fingerprint density at radius 1 is 1.26 bits per heavy atom. The van der Waals surface area contributed by atoms with Gasteiger partial charge in [-0.15, -0.1) is 0 Å². The Kier molecular flexibility index (Phi) is 6.69. The van der Waals surface area contributed by atoms with E-state index < -0.39 is 5.60 Å². The molecule has 0 radical (unpaired) electrons. The van der Waals surface area contributed by atoms with Gasteiger partial charge in [0.05, 0.1) is 11.6 Å². The van der Waals surface area contributed by atoms with E-state index in [4.69, 9.17) is 9.15 Å². The van der Waals surface area contributed by atoms with E-state index in [0.29, 0.717) is 6.54 Å². The molecule has 5 heteroatoms. The number of alkyl carbamates (subject to hydrolysis) is 1. The van der Waals surface area contributed by atoms with Crippen LogP contribution < -0.4 is 10.6 Å². The summed E-state index contributed by atoms with van der Waals surface area (Å²) in [6.07, 6.45) is 1.27. The summed E-state index contributed by atoms with van der Waals surface area (Å²) in [5, 5.41) is 6.50. The zero-order valence-electron chi connectivity index (χ0n) is 15.6. The fourth-order valence-corrected chi connectivity index (χ4v) is 2.38. The predicted octanol–water partition coefficient (Wildman–Crippen LogP) is 4.32. The molecule has 1 heterocycles. The Bertz CT molecular complexity index is 499. The number of hydrogen-bond donors (Lipinski definition) is 2. The molecule has 0 fully saturated rings. The van der Waals surface area contributed by atoms with Gasteiger partial charge in [-0.25, -0.2) is 4.79 Å². The summed E-state index contributed by atoms with van der Waals surface area (Å²) in [4.78, 5) is 12.1. The third-order valence-corrected chi connectivity index (χ3v) is 4.05. The third-order valence-electron chi connectivity index (χ3n) is 4.05. The van der Waals surface area contributed by atoms with Crippen LogP contribution in [0.25, 0.3) is 0 Å². The number of furan rings is 1. The summed E-state index contributed by atoms with van der Waals surface area (Å²) < 4.78 is 11.0. The van der Waals surface area contributed by atoms with Crippen LogP contribution in [0.3, 0.4) is 0 Å². The van der Waals surface area contributed by atoms with Gasteiger partial charge in [0.1, 0.15) is 17.1 Å². The van der Waals surface area contributed by atoms with Crippen molar-refractivity contribution in [1.29, 1.82) is 0 Å². The van der Waals surface area contributed by atoms with Crippen LogP contribution in [-0.4, -0.2) is 23.8 Å². The van der Waals surface area contributed by atoms with Crippen LogP contribution in [0.1, 0.15) is 71.9 Å². The lowest BCUT2D eigenvalue weighted by atomic mass is 9.92.